The Morgan fingerprint density at radius 1 is 1.05 bits per heavy atom. The summed E-state index contributed by atoms with van der Waals surface area (Å²) >= 11 is 0. The first kappa shape index (κ1) is 12.3. The van der Waals surface area contributed by atoms with Crippen molar-refractivity contribution in [3.63, 3.8) is 0 Å². The fourth-order valence-corrected chi connectivity index (χ4v) is 2.58. The second-order valence-corrected chi connectivity index (χ2v) is 4.69. The van der Waals surface area contributed by atoms with Gasteiger partial charge in [-0.15, -0.1) is 0 Å². The van der Waals surface area contributed by atoms with Crippen molar-refractivity contribution < 1.29 is 9.47 Å². The molecule has 19 heavy (non-hydrogen) atoms. The van der Waals surface area contributed by atoms with Gasteiger partial charge in [-0.05, 0) is 24.6 Å². The van der Waals surface area contributed by atoms with Gasteiger partial charge in [0.15, 0.2) is 11.5 Å². The third-order valence-electron chi connectivity index (χ3n) is 3.41. The van der Waals surface area contributed by atoms with Gasteiger partial charge < -0.3 is 25.5 Å². The van der Waals surface area contributed by atoms with E-state index >= 15 is 0 Å². The van der Waals surface area contributed by atoms with Gasteiger partial charge in [-0.2, -0.15) is 0 Å². The lowest BCUT2D eigenvalue weighted by Crippen LogP contribution is -2.15. The minimum Gasteiger partial charge on any atom is -0.486 e. The Morgan fingerprint density at radius 2 is 1.79 bits per heavy atom. The first-order valence-corrected chi connectivity index (χ1v) is 6.65. The van der Waals surface area contributed by atoms with Crippen molar-refractivity contribution in [2.24, 2.45) is 11.5 Å². The van der Waals surface area contributed by atoms with Gasteiger partial charge in [-0.3, -0.25) is 0 Å². The zero-order valence-electron chi connectivity index (χ0n) is 10.9. The van der Waals surface area contributed by atoms with E-state index in [4.69, 9.17) is 20.9 Å². The highest BCUT2D eigenvalue weighted by atomic mass is 16.6. The molecule has 0 aliphatic carbocycles. The Bertz CT molecular complexity index is 542. The van der Waals surface area contributed by atoms with Gasteiger partial charge in [0.05, 0.1) is 5.52 Å². The fraction of sp³-hybridized carbons (Fsp3) is 0.429. The van der Waals surface area contributed by atoms with Crippen molar-refractivity contribution in [2.75, 3.05) is 26.3 Å². The molecule has 5 heteroatoms. The zero-order valence-corrected chi connectivity index (χ0v) is 10.9. The number of nitrogens with two attached hydrogens (primary N) is 2. The lowest BCUT2D eigenvalue weighted by Gasteiger charge is -2.18. The summed E-state index contributed by atoms with van der Waals surface area (Å²) in [5.41, 5.74) is 13.7. The van der Waals surface area contributed by atoms with E-state index in [0.717, 1.165) is 30.0 Å². The first-order valence-electron chi connectivity index (χ1n) is 6.65. The molecule has 0 fully saturated rings. The smallest absolute Gasteiger partial charge is 0.163 e. The van der Waals surface area contributed by atoms with Crippen LogP contribution in [0.3, 0.4) is 0 Å². The average molecular weight is 261 g/mol. The third kappa shape index (κ3) is 2.15. The van der Waals surface area contributed by atoms with E-state index in [2.05, 4.69) is 16.8 Å². The summed E-state index contributed by atoms with van der Waals surface area (Å²) in [4.78, 5) is 0. The predicted molar refractivity (Wildman–Crippen MR) is 74.7 cm³/mol. The molecule has 1 aromatic carbocycles. The highest BCUT2D eigenvalue weighted by molar-refractivity contribution is 5.87. The summed E-state index contributed by atoms with van der Waals surface area (Å²) in [6.07, 6.45) is 2.99. The topological polar surface area (TPSA) is 75.4 Å². The zero-order chi connectivity index (χ0) is 13.2. The van der Waals surface area contributed by atoms with Crippen molar-refractivity contribution in [1.82, 2.24) is 4.57 Å². The summed E-state index contributed by atoms with van der Waals surface area (Å²) in [5.74, 6) is 1.64. The quantitative estimate of drug-likeness (QED) is 0.856. The van der Waals surface area contributed by atoms with Crippen molar-refractivity contribution in [1.29, 1.82) is 0 Å². The molecule has 2 heterocycles. The van der Waals surface area contributed by atoms with Gasteiger partial charge in [0.1, 0.15) is 13.2 Å². The maximum atomic E-state index is 5.68. The fourth-order valence-electron chi connectivity index (χ4n) is 2.58. The molecule has 1 aliphatic rings. The normalized spacial score (nSPS) is 14.0. The highest BCUT2D eigenvalue weighted by Crippen LogP contribution is 2.36. The van der Waals surface area contributed by atoms with Crippen LogP contribution in [0.25, 0.3) is 10.9 Å². The SMILES string of the molecule is NCCc1cn(CCN)c2cc3c(cc12)OCCO3. The molecule has 5 nitrogen and oxygen atoms in total. The Kier molecular flexibility index (Phi) is 3.31. The van der Waals surface area contributed by atoms with Crippen molar-refractivity contribution in [3.8, 4) is 11.5 Å². The molecule has 0 saturated carbocycles. The van der Waals surface area contributed by atoms with E-state index in [1.165, 1.54) is 10.9 Å². The standard InChI is InChI=1S/C14H19N3O2/c15-2-1-10-9-17(4-3-16)12-8-14-13(7-11(10)12)18-5-6-19-14/h7-9H,1-6,15-16H2. The van der Waals surface area contributed by atoms with E-state index in [0.29, 0.717) is 26.3 Å². The maximum Gasteiger partial charge on any atom is 0.163 e. The lowest BCUT2D eigenvalue weighted by molar-refractivity contribution is 0.172. The third-order valence-corrected chi connectivity index (χ3v) is 3.41. The number of ether oxygens (including phenoxy) is 2. The molecular weight excluding hydrogens is 242 g/mol. The van der Waals surface area contributed by atoms with Gasteiger partial charge in [0.2, 0.25) is 0 Å². The van der Waals surface area contributed by atoms with Crippen LogP contribution in [0.15, 0.2) is 18.3 Å². The second-order valence-electron chi connectivity index (χ2n) is 4.69. The summed E-state index contributed by atoms with van der Waals surface area (Å²) in [6.45, 7) is 3.25. The lowest BCUT2D eigenvalue weighted by atomic mass is 10.1. The van der Waals surface area contributed by atoms with Crippen LogP contribution in [0.4, 0.5) is 0 Å². The highest BCUT2D eigenvalue weighted by Gasteiger charge is 2.16. The van der Waals surface area contributed by atoms with E-state index in [-0.39, 0.29) is 0 Å². The first-order chi connectivity index (χ1) is 9.33. The number of hydrogen-bond donors (Lipinski definition) is 2. The van der Waals surface area contributed by atoms with Crippen molar-refractivity contribution >= 4 is 10.9 Å². The molecule has 4 N–H and O–H groups in total. The number of fused-ring (bicyclic) bond motifs is 2. The number of nitrogens with zero attached hydrogens (tertiary/aromatic N) is 1. The van der Waals surface area contributed by atoms with E-state index in [1.54, 1.807) is 0 Å². The molecule has 102 valence electrons. The Morgan fingerprint density at radius 3 is 2.47 bits per heavy atom. The Labute approximate surface area is 112 Å². The number of aromatic nitrogens is 1. The van der Waals surface area contributed by atoms with Crippen LogP contribution >= 0.6 is 0 Å². The maximum absolute atomic E-state index is 5.68. The van der Waals surface area contributed by atoms with Gasteiger partial charge >= 0.3 is 0 Å². The largest absolute Gasteiger partial charge is 0.486 e. The summed E-state index contributed by atoms with van der Waals surface area (Å²) in [5, 5.41) is 1.18. The van der Waals surface area contributed by atoms with Gasteiger partial charge in [-0.1, -0.05) is 0 Å². The Balaban J connectivity index is 2.16. The molecular formula is C14H19N3O2. The van der Waals surface area contributed by atoms with Crippen LogP contribution in [-0.4, -0.2) is 30.9 Å². The molecule has 0 atom stereocenters. The molecule has 0 saturated heterocycles. The van der Waals surface area contributed by atoms with E-state index < -0.39 is 0 Å². The molecule has 1 aromatic heterocycles. The number of hydrogen-bond acceptors (Lipinski definition) is 4. The van der Waals surface area contributed by atoms with Crippen LogP contribution in [0.1, 0.15) is 5.56 Å². The van der Waals surface area contributed by atoms with Gasteiger partial charge in [-0.25, -0.2) is 0 Å². The minimum atomic E-state index is 0.603. The van der Waals surface area contributed by atoms with Gasteiger partial charge in [0.25, 0.3) is 0 Å². The van der Waals surface area contributed by atoms with Gasteiger partial charge in [0, 0.05) is 30.7 Å². The van der Waals surface area contributed by atoms with Crippen LogP contribution in [0, 0.1) is 0 Å². The molecule has 1 aliphatic heterocycles. The van der Waals surface area contributed by atoms with E-state index in [9.17, 15) is 0 Å². The van der Waals surface area contributed by atoms with E-state index in [1.807, 2.05) is 6.07 Å². The van der Waals surface area contributed by atoms with Crippen molar-refractivity contribution in [3.05, 3.63) is 23.9 Å². The molecule has 0 spiro atoms. The van der Waals surface area contributed by atoms with Crippen molar-refractivity contribution in [2.45, 2.75) is 13.0 Å². The van der Waals surface area contributed by atoms with Crippen LogP contribution in [-0.2, 0) is 13.0 Å². The summed E-state index contributed by atoms with van der Waals surface area (Å²) in [7, 11) is 0. The molecule has 0 amide bonds. The van der Waals surface area contributed by atoms with Crippen LogP contribution in [0.5, 0.6) is 11.5 Å². The summed E-state index contributed by atoms with van der Waals surface area (Å²) in [6, 6.07) is 4.10. The minimum absolute atomic E-state index is 0.603. The van der Waals surface area contributed by atoms with Crippen LogP contribution in [0.2, 0.25) is 0 Å². The number of rotatable bonds is 4. The summed E-state index contributed by atoms with van der Waals surface area (Å²) < 4.78 is 13.4. The predicted octanol–water partition coefficient (Wildman–Crippen LogP) is 0.872. The molecule has 0 bridgehead atoms. The molecule has 0 radical (unpaired) electrons. The monoisotopic (exact) mass is 261 g/mol. The second kappa shape index (κ2) is 5.11. The Hall–Kier alpha value is -1.72. The molecule has 0 unspecified atom stereocenters. The molecule has 2 aromatic rings. The number of benzene rings is 1. The van der Waals surface area contributed by atoms with Crippen LogP contribution < -0.4 is 20.9 Å². The average Bonchev–Trinajstić information content (AvgIpc) is 2.75. The molecule has 3 rings (SSSR count).